The van der Waals surface area contributed by atoms with E-state index in [4.69, 9.17) is 18.9 Å². The molecule has 154 valence electrons. The van der Waals surface area contributed by atoms with Crippen LogP contribution in [0.2, 0.25) is 0 Å². The Balaban J connectivity index is 1.80. The van der Waals surface area contributed by atoms with Crippen molar-refractivity contribution < 1.29 is 24.1 Å². The predicted molar refractivity (Wildman–Crippen MR) is 113 cm³/mol. The highest BCUT2D eigenvalue weighted by molar-refractivity contribution is 5.84. The zero-order chi connectivity index (χ0) is 20.4. The number of ether oxygens (including phenoxy) is 4. The van der Waals surface area contributed by atoms with Gasteiger partial charge in [0.2, 0.25) is 5.75 Å². The third kappa shape index (κ3) is 3.49. The molecule has 0 amide bonds. The molecular formula is C24H28O5. The van der Waals surface area contributed by atoms with Gasteiger partial charge in [-0.3, -0.25) is 0 Å². The van der Waals surface area contributed by atoms with E-state index in [1.165, 1.54) is 16.7 Å². The third-order valence-electron chi connectivity index (χ3n) is 5.78. The number of hydrogen-bond acceptors (Lipinski definition) is 5. The average Bonchev–Trinajstić information content (AvgIpc) is 3.09. The van der Waals surface area contributed by atoms with Crippen molar-refractivity contribution in [2.24, 2.45) is 5.41 Å². The van der Waals surface area contributed by atoms with E-state index in [9.17, 15) is 5.11 Å². The van der Waals surface area contributed by atoms with Gasteiger partial charge in [0.1, 0.15) is 6.61 Å². The Morgan fingerprint density at radius 2 is 1.83 bits per heavy atom. The zero-order valence-corrected chi connectivity index (χ0v) is 17.1. The summed E-state index contributed by atoms with van der Waals surface area (Å²) in [4.78, 5) is 0. The van der Waals surface area contributed by atoms with Gasteiger partial charge in [0.25, 0.3) is 0 Å². The fraction of sp³-hybridized carbons (Fsp3) is 0.417. The van der Waals surface area contributed by atoms with Crippen LogP contribution in [-0.4, -0.2) is 45.3 Å². The first kappa shape index (κ1) is 19.8. The standard InChI is InChI=1S/C24H28O5/c1-4-28-21-11-10-20(18-7-5-6-17-16(2)8-9-19(17)18)22(23(21)26-3)29-15-24(12-25)13-27-14-24/h5-7,10-11,25H,2,4,8-9,12-15H2,1,3H3. The van der Waals surface area contributed by atoms with Gasteiger partial charge in [-0.05, 0) is 54.2 Å². The summed E-state index contributed by atoms with van der Waals surface area (Å²) in [6.07, 6.45) is 1.94. The number of fused-ring (bicyclic) bond motifs is 1. The highest BCUT2D eigenvalue weighted by Crippen LogP contribution is 2.48. The molecule has 2 aromatic rings. The van der Waals surface area contributed by atoms with Gasteiger partial charge in [0.15, 0.2) is 11.5 Å². The second-order valence-corrected chi connectivity index (χ2v) is 7.78. The van der Waals surface area contributed by atoms with Crippen molar-refractivity contribution in [1.29, 1.82) is 0 Å². The van der Waals surface area contributed by atoms with Gasteiger partial charge in [-0.2, -0.15) is 0 Å². The Morgan fingerprint density at radius 3 is 2.48 bits per heavy atom. The monoisotopic (exact) mass is 396 g/mol. The summed E-state index contributed by atoms with van der Waals surface area (Å²) in [5, 5.41) is 9.80. The number of benzene rings is 2. The summed E-state index contributed by atoms with van der Waals surface area (Å²) < 4.78 is 23.1. The molecule has 5 heteroatoms. The third-order valence-corrected chi connectivity index (χ3v) is 5.78. The minimum absolute atomic E-state index is 0.0242. The van der Waals surface area contributed by atoms with Gasteiger partial charge < -0.3 is 24.1 Å². The number of rotatable bonds is 8. The molecule has 4 rings (SSSR count). The summed E-state index contributed by atoms with van der Waals surface area (Å²) in [7, 11) is 1.63. The van der Waals surface area contributed by atoms with E-state index in [1.807, 2.05) is 19.1 Å². The van der Waals surface area contributed by atoms with Crippen LogP contribution in [0.25, 0.3) is 16.7 Å². The van der Waals surface area contributed by atoms with Crippen LogP contribution in [-0.2, 0) is 11.2 Å². The van der Waals surface area contributed by atoms with Crippen molar-refractivity contribution in [1.82, 2.24) is 0 Å². The highest BCUT2D eigenvalue weighted by Gasteiger charge is 2.39. The van der Waals surface area contributed by atoms with Crippen molar-refractivity contribution in [3.8, 4) is 28.4 Å². The van der Waals surface area contributed by atoms with Gasteiger partial charge in [-0.1, -0.05) is 24.8 Å². The predicted octanol–water partition coefficient (Wildman–Crippen LogP) is 4.11. The number of aliphatic hydroxyl groups is 1. The van der Waals surface area contributed by atoms with Gasteiger partial charge in [0.05, 0.1) is 39.0 Å². The van der Waals surface area contributed by atoms with Crippen LogP contribution in [0.5, 0.6) is 17.2 Å². The molecule has 2 aromatic carbocycles. The second kappa shape index (κ2) is 8.09. The van der Waals surface area contributed by atoms with Crippen molar-refractivity contribution in [2.75, 3.05) is 40.1 Å². The molecule has 0 atom stereocenters. The number of allylic oxidation sites excluding steroid dienone is 1. The summed E-state index contributed by atoms with van der Waals surface area (Å²) in [6.45, 7) is 8.04. The molecule has 0 saturated carbocycles. The second-order valence-electron chi connectivity index (χ2n) is 7.78. The highest BCUT2D eigenvalue weighted by atomic mass is 16.5. The average molecular weight is 396 g/mol. The molecule has 1 aliphatic carbocycles. The van der Waals surface area contributed by atoms with Crippen molar-refractivity contribution >= 4 is 5.57 Å². The lowest BCUT2D eigenvalue weighted by Crippen LogP contribution is -2.50. The van der Waals surface area contributed by atoms with Crippen LogP contribution < -0.4 is 14.2 Å². The maximum Gasteiger partial charge on any atom is 0.203 e. The van der Waals surface area contributed by atoms with Gasteiger partial charge in [0, 0.05) is 5.56 Å². The summed E-state index contributed by atoms with van der Waals surface area (Å²) in [6, 6.07) is 10.3. The lowest BCUT2D eigenvalue weighted by Gasteiger charge is -2.39. The van der Waals surface area contributed by atoms with E-state index in [2.05, 4.69) is 24.8 Å². The minimum atomic E-state index is -0.364. The molecule has 0 spiro atoms. The molecule has 29 heavy (non-hydrogen) atoms. The maximum atomic E-state index is 9.80. The smallest absolute Gasteiger partial charge is 0.203 e. The van der Waals surface area contributed by atoms with E-state index in [0.29, 0.717) is 43.7 Å². The Bertz CT molecular complexity index is 908. The van der Waals surface area contributed by atoms with Crippen molar-refractivity contribution in [3.63, 3.8) is 0 Å². The number of methoxy groups -OCH3 is 1. The van der Waals surface area contributed by atoms with Crippen LogP contribution in [0.15, 0.2) is 36.9 Å². The van der Waals surface area contributed by atoms with Crippen LogP contribution >= 0.6 is 0 Å². The van der Waals surface area contributed by atoms with Gasteiger partial charge in [-0.25, -0.2) is 0 Å². The van der Waals surface area contributed by atoms with E-state index in [0.717, 1.165) is 24.0 Å². The molecule has 1 aliphatic heterocycles. The van der Waals surface area contributed by atoms with Crippen molar-refractivity contribution in [2.45, 2.75) is 19.8 Å². The number of aliphatic hydroxyl groups excluding tert-OH is 1. The number of hydrogen-bond donors (Lipinski definition) is 1. The molecule has 0 aromatic heterocycles. The van der Waals surface area contributed by atoms with Crippen LogP contribution in [0.1, 0.15) is 24.5 Å². The molecular weight excluding hydrogens is 368 g/mol. The van der Waals surface area contributed by atoms with Gasteiger partial charge >= 0.3 is 0 Å². The van der Waals surface area contributed by atoms with Crippen LogP contribution in [0, 0.1) is 5.41 Å². The maximum absolute atomic E-state index is 9.80. The zero-order valence-electron chi connectivity index (χ0n) is 17.1. The molecule has 0 radical (unpaired) electrons. The molecule has 1 saturated heterocycles. The van der Waals surface area contributed by atoms with E-state index < -0.39 is 0 Å². The topological polar surface area (TPSA) is 57.2 Å². The fourth-order valence-corrected chi connectivity index (χ4v) is 4.05. The molecule has 0 unspecified atom stereocenters. The van der Waals surface area contributed by atoms with Crippen molar-refractivity contribution in [3.05, 3.63) is 48.0 Å². The normalized spacial score (nSPS) is 16.9. The fourth-order valence-electron chi connectivity index (χ4n) is 4.05. The summed E-state index contributed by atoms with van der Waals surface area (Å²) in [5.74, 6) is 1.87. The first-order valence-corrected chi connectivity index (χ1v) is 10.1. The van der Waals surface area contributed by atoms with Crippen LogP contribution in [0.4, 0.5) is 0 Å². The molecule has 1 N–H and O–H groups in total. The Labute approximate surface area is 171 Å². The Morgan fingerprint density at radius 1 is 1.03 bits per heavy atom. The van der Waals surface area contributed by atoms with Gasteiger partial charge in [-0.15, -0.1) is 0 Å². The molecule has 5 nitrogen and oxygen atoms in total. The largest absolute Gasteiger partial charge is 0.490 e. The SMILES string of the molecule is C=C1CCc2c1cccc2-c1ccc(OCC)c(OC)c1OCC1(CO)COC1. The van der Waals surface area contributed by atoms with Crippen LogP contribution in [0.3, 0.4) is 0 Å². The first-order chi connectivity index (χ1) is 14.1. The van der Waals surface area contributed by atoms with E-state index in [1.54, 1.807) is 7.11 Å². The van der Waals surface area contributed by atoms with E-state index >= 15 is 0 Å². The molecule has 1 heterocycles. The first-order valence-electron chi connectivity index (χ1n) is 10.1. The Hall–Kier alpha value is -2.50. The summed E-state index contributed by atoms with van der Waals surface area (Å²) >= 11 is 0. The van der Waals surface area contributed by atoms with E-state index in [-0.39, 0.29) is 12.0 Å². The molecule has 0 bridgehead atoms. The summed E-state index contributed by atoms with van der Waals surface area (Å²) in [5.41, 5.74) is 5.41. The lowest BCUT2D eigenvalue weighted by atomic mass is 9.88. The Kier molecular flexibility index (Phi) is 5.52. The molecule has 2 aliphatic rings. The molecule has 1 fully saturated rings. The minimum Gasteiger partial charge on any atom is -0.490 e. The lowest BCUT2D eigenvalue weighted by molar-refractivity contribution is -0.153. The quantitative estimate of drug-likeness (QED) is 0.728.